The number of benzene rings is 2. The van der Waals surface area contributed by atoms with Gasteiger partial charge in [-0.05, 0) is 55.5 Å². The van der Waals surface area contributed by atoms with Gasteiger partial charge in [0.1, 0.15) is 5.75 Å². The fourth-order valence-corrected chi connectivity index (χ4v) is 3.93. The second-order valence-electron chi connectivity index (χ2n) is 6.57. The molecule has 0 saturated heterocycles. The summed E-state index contributed by atoms with van der Waals surface area (Å²) < 4.78 is 5.69. The molecule has 1 N–H and O–H groups in total. The molecule has 2 aromatic rings. The maximum atomic E-state index is 5.69. The third kappa shape index (κ3) is 2.52. The number of ether oxygens (including phenoxy) is 1. The molecule has 118 valence electrons. The first-order chi connectivity index (χ1) is 11.3. The van der Waals surface area contributed by atoms with Crippen molar-refractivity contribution in [3.63, 3.8) is 0 Å². The summed E-state index contributed by atoms with van der Waals surface area (Å²) >= 11 is 0. The van der Waals surface area contributed by atoms with Crippen molar-refractivity contribution in [2.24, 2.45) is 5.92 Å². The Kier molecular flexibility index (Phi) is 3.60. The molecular formula is C21H23NO. The van der Waals surface area contributed by atoms with E-state index in [0.29, 0.717) is 24.5 Å². The fourth-order valence-electron chi connectivity index (χ4n) is 3.93. The molecule has 4 rings (SSSR count). The van der Waals surface area contributed by atoms with Gasteiger partial charge in [0.15, 0.2) is 0 Å². The third-order valence-corrected chi connectivity index (χ3v) is 5.08. The van der Waals surface area contributed by atoms with Gasteiger partial charge in [-0.3, -0.25) is 0 Å². The summed E-state index contributed by atoms with van der Waals surface area (Å²) in [6.07, 6.45) is 5.84. The van der Waals surface area contributed by atoms with Gasteiger partial charge < -0.3 is 10.1 Å². The second-order valence-corrected chi connectivity index (χ2v) is 6.57. The molecule has 2 heteroatoms. The predicted octanol–water partition coefficient (Wildman–Crippen LogP) is 5.22. The Bertz CT molecular complexity index is 732. The lowest BCUT2D eigenvalue weighted by Gasteiger charge is -2.37. The molecule has 23 heavy (non-hydrogen) atoms. The number of nitrogens with one attached hydrogen (secondary N) is 1. The predicted molar refractivity (Wildman–Crippen MR) is 95.1 cm³/mol. The zero-order chi connectivity index (χ0) is 15.8. The van der Waals surface area contributed by atoms with Crippen LogP contribution in [0.3, 0.4) is 0 Å². The van der Waals surface area contributed by atoms with Gasteiger partial charge in [0.25, 0.3) is 0 Å². The second kappa shape index (κ2) is 5.77. The van der Waals surface area contributed by atoms with E-state index in [1.54, 1.807) is 0 Å². The fraction of sp³-hybridized carbons (Fsp3) is 0.333. The number of anilines is 1. The molecule has 1 aliphatic heterocycles. The average molecular weight is 305 g/mol. The molecule has 0 fully saturated rings. The van der Waals surface area contributed by atoms with Gasteiger partial charge >= 0.3 is 0 Å². The van der Waals surface area contributed by atoms with Gasteiger partial charge in [-0.15, -0.1) is 0 Å². The van der Waals surface area contributed by atoms with E-state index in [4.69, 9.17) is 4.74 Å². The maximum Gasteiger partial charge on any atom is 0.119 e. The van der Waals surface area contributed by atoms with E-state index >= 15 is 0 Å². The van der Waals surface area contributed by atoms with Gasteiger partial charge in [0.2, 0.25) is 0 Å². The number of rotatable bonds is 3. The van der Waals surface area contributed by atoms with Crippen LogP contribution in [-0.4, -0.2) is 6.61 Å². The summed E-state index contributed by atoms with van der Waals surface area (Å²) in [5, 5.41) is 3.78. The topological polar surface area (TPSA) is 21.3 Å². The standard InChI is InChI=1S/C21H23NO/c1-3-23-16-11-12-20-19(13-16)17-5-4-6-18(17)21(22-20)15-9-7-14(2)8-10-15/h4-5,7-13,17-18,21-22H,3,6H2,1-2H3. The summed E-state index contributed by atoms with van der Waals surface area (Å²) in [6, 6.07) is 15.8. The Labute approximate surface area is 138 Å². The smallest absolute Gasteiger partial charge is 0.119 e. The van der Waals surface area contributed by atoms with Gasteiger partial charge in [-0.1, -0.05) is 42.0 Å². The van der Waals surface area contributed by atoms with Crippen molar-refractivity contribution in [1.82, 2.24) is 0 Å². The normalized spacial score (nSPS) is 24.7. The van der Waals surface area contributed by atoms with Gasteiger partial charge in [-0.25, -0.2) is 0 Å². The summed E-state index contributed by atoms with van der Waals surface area (Å²) in [4.78, 5) is 0. The van der Waals surface area contributed by atoms with Gasteiger partial charge in [0.05, 0.1) is 12.6 Å². The van der Waals surface area contributed by atoms with Crippen molar-refractivity contribution in [2.45, 2.75) is 32.2 Å². The average Bonchev–Trinajstić information content (AvgIpc) is 3.05. The van der Waals surface area contributed by atoms with E-state index in [9.17, 15) is 0 Å². The van der Waals surface area contributed by atoms with Crippen molar-refractivity contribution in [1.29, 1.82) is 0 Å². The van der Waals surface area contributed by atoms with Gasteiger partial charge in [-0.2, -0.15) is 0 Å². The largest absolute Gasteiger partial charge is 0.494 e. The Balaban J connectivity index is 1.72. The molecule has 0 radical (unpaired) electrons. The van der Waals surface area contributed by atoms with E-state index in [0.717, 1.165) is 12.2 Å². The van der Waals surface area contributed by atoms with Crippen LogP contribution in [0.4, 0.5) is 5.69 Å². The van der Waals surface area contributed by atoms with E-state index in [2.05, 4.69) is 66.9 Å². The van der Waals surface area contributed by atoms with E-state index < -0.39 is 0 Å². The molecule has 1 heterocycles. The van der Waals surface area contributed by atoms with Crippen LogP contribution in [0, 0.1) is 12.8 Å². The molecular weight excluding hydrogens is 282 g/mol. The third-order valence-electron chi connectivity index (χ3n) is 5.08. The van der Waals surface area contributed by atoms with Crippen molar-refractivity contribution in [2.75, 3.05) is 11.9 Å². The molecule has 0 amide bonds. The number of allylic oxidation sites excluding steroid dienone is 2. The summed E-state index contributed by atoms with van der Waals surface area (Å²) in [5.74, 6) is 2.04. The summed E-state index contributed by atoms with van der Waals surface area (Å²) in [6.45, 7) is 4.88. The van der Waals surface area contributed by atoms with Crippen LogP contribution in [0.1, 0.15) is 42.0 Å². The van der Waals surface area contributed by atoms with E-state index in [1.807, 2.05) is 6.92 Å². The molecule has 3 atom stereocenters. The Morgan fingerprint density at radius 1 is 1.13 bits per heavy atom. The minimum atomic E-state index is 0.376. The molecule has 0 saturated carbocycles. The molecule has 0 aromatic heterocycles. The molecule has 3 unspecified atom stereocenters. The van der Waals surface area contributed by atoms with Crippen LogP contribution in [0.15, 0.2) is 54.6 Å². The van der Waals surface area contributed by atoms with Crippen molar-refractivity contribution >= 4 is 5.69 Å². The molecule has 2 aromatic carbocycles. The van der Waals surface area contributed by atoms with Crippen molar-refractivity contribution in [3.8, 4) is 5.75 Å². The molecule has 2 aliphatic rings. The number of aryl methyl sites for hydroxylation is 1. The van der Waals surface area contributed by atoms with Gasteiger partial charge in [0, 0.05) is 11.6 Å². The summed E-state index contributed by atoms with van der Waals surface area (Å²) in [7, 11) is 0. The monoisotopic (exact) mass is 305 g/mol. The van der Waals surface area contributed by atoms with E-state index in [1.165, 1.54) is 22.4 Å². The lowest BCUT2D eigenvalue weighted by molar-refractivity contribution is 0.338. The summed E-state index contributed by atoms with van der Waals surface area (Å²) in [5.41, 5.74) is 5.31. The minimum Gasteiger partial charge on any atom is -0.494 e. The SMILES string of the molecule is CCOc1ccc2c(c1)C1C=CCC1C(c1ccc(C)cc1)N2. The van der Waals surface area contributed by atoms with Crippen LogP contribution in [-0.2, 0) is 0 Å². The zero-order valence-corrected chi connectivity index (χ0v) is 13.8. The van der Waals surface area contributed by atoms with Crippen LogP contribution < -0.4 is 10.1 Å². The molecule has 0 bridgehead atoms. The van der Waals surface area contributed by atoms with Crippen LogP contribution in [0.5, 0.6) is 5.75 Å². The first-order valence-electron chi connectivity index (χ1n) is 8.53. The van der Waals surface area contributed by atoms with Crippen LogP contribution in [0.2, 0.25) is 0 Å². The number of hydrogen-bond acceptors (Lipinski definition) is 2. The highest BCUT2D eigenvalue weighted by molar-refractivity contribution is 5.61. The highest BCUT2D eigenvalue weighted by Gasteiger charge is 2.37. The first kappa shape index (κ1) is 14.4. The highest BCUT2D eigenvalue weighted by atomic mass is 16.5. The number of fused-ring (bicyclic) bond motifs is 3. The Hall–Kier alpha value is -2.22. The van der Waals surface area contributed by atoms with Crippen LogP contribution >= 0.6 is 0 Å². The maximum absolute atomic E-state index is 5.69. The first-order valence-corrected chi connectivity index (χ1v) is 8.53. The molecule has 2 nitrogen and oxygen atoms in total. The Morgan fingerprint density at radius 3 is 2.74 bits per heavy atom. The lowest BCUT2D eigenvalue weighted by atomic mass is 9.77. The van der Waals surface area contributed by atoms with E-state index in [-0.39, 0.29) is 0 Å². The zero-order valence-electron chi connectivity index (χ0n) is 13.8. The van der Waals surface area contributed by atoms with Crippen molar-refractivity contribution < 1.29 is 4.74 Å². The molecule has 1 aliphatic carbocycles. The highest BCUT2D eigenvalue weighted by Crippen LogP contribution is 2.50. The van der Waals surface area contributed by atoms with Crippen molar-refractivity contribution in [3.05, 3.63) is 71.3 Å². The van der Waals surface area contributed by atoms with Crippen LogP contribution in [0.25, 0.3) is 0 Å². The lowest BCUT2D eigenvalue weighted by Crippen LogP contribution is -2.29. The Morgan fingerprint density at radius 2 is 1.96 bits per heavy atom. The quantitative estimate of drug-likeness (QED) is 0.785. The molecule has 0 spiro atoms. The number of hydrogen-bond donors (Lipinski definition) is 1. The minimum absolute atomic E-state index is 0.376.